The molecule has 2 aromatic rings. The van der Waals surface area contributed by atoms with Crippen LogP contribution in [-0.4, -0.2) is 50.5 Å². The Kier molecular flexibility index (Phi) is 7.49. The third-order valence-electron chi connectivity index (χ3n) is 4.69. The minimum atomic E-state index is -3.65. The molecule has 1 amide bonds. The number of carbonyl (C=O) groups excluding carboxylic acids is 1. The van der Waals surface area contributed by atoms with Crippen LogP contribution in [0, 0.1) is 0 Å². The molecule has 0 aromatic heterocycles. The number of benzene rings is 2. The predicted molar refractivity (Wildman–Crippen MR) is 121 cm³/mol. The Balaban J connectivity index is 1.74. The predicted octanol–water partition coefficient (Wildman–Crippen LogP) is 4.44. The molecule has 2 atom stereocenters. The van der Waals surface area contributed by atoms with Crippen LogP contribution >= 0.6 is 23.2 Å². The molecule has 1 heterocycles. The number of morpholine rings is 1. The molecule has 1 fully saturated rings. The first-order valence-corrected chi connectivity index (χ1v) is 12.0. The monoisotopic (exact) mass is 486 g/mol. The molecule has 1 saturated heterocycles. The molecule has 1 N–H and O–H groups in total. The van der Waals surface area contributed by atoms with Crippen molar-refractivity contribution in [3.8, 4) is 5.75 Å². The van der Waals surface area contributed by atoms with Gasteiger partial charge >= 0.3 is 0 Å². The normalized spacial score (nSPS) is 19.8. The van der Waals surface area contributed by atoms with Gasteiger partial charge in [0.05, 0.1) is 33.8 Å². The standard InChI is InChI=1S/C21H24Cl2N2O5S/c1-4-29-20-18(22)9-15(10-19(20)23)21(26)24-16-5-7-17(8-6-16)31(27,28)25-11-13(2)30-14(3)12-25/h5-10,13-14H,4,11-12H2,1-3H3,(H,24,26). The fourth-order valence-corrected chi connectivity index (χ4v) is 5.55. The Morgan fingerprint density at radius 2 is 1.68 bits per heavy atom. The van der Waals surface area contributed by atoms with Gasteiger partial charge in [0.25, 0.3) is 5.91 Å². The van der Waals surface area contributed by atoms with Gasteiger partial charge in [-0.15, -0.1) is 0 Å². The minimum absolute atomic E-state index is 0.152. The zero-order valence-electron chi connectivity index (χ0n) is 17.4. The molecule has 2 aromatic carbocycles. The zero-order valence-corrected chi connectivity index (χ0v) is 19.7. The van der Waals surface area contributed by atoms with Crippen LogP contribution in [0.5, 0.6) is 5.75 Å². The van der Waals surface area contributed by atoms with E-state index in [0.717, 1.165) is 0 Å². The number of carbonyl (C=O) groups is 1. The molecule has 168 valence electrons. The van der Waals surface area contributed by atoms with Crippen molar-refractivity contribution in [2.45, 2.75) is 37.9 Å². The van der Waals surface area contributed by atoms with Crippen molar-refractivity contribution in [3.05, 3.63) is 52.0 Å². The van der Waals surface area contributed by atoms with Crippen LogP contribution in [-0.2, 0) is 14.8 Å². The fourth-order valence-electron chi connectivity index (χ4n) is 3.36. The molecule has 7 nitrogen and oxygen atoms in total. The first-order chi connectivity index (χ1) is 14.6. The number of hydrogen-bond donors (Lipinski definition) is 1. The average molecular weight is 487 g/mol. The molecule has 0 saturated carbocycles. The van der Waals surface area contributed by atoms with Gasteiger partial charge in [-0.1, -0.05) is 23.2 Å². The lowest BCUT2D eigenvalue weighted by Gasteiger charge is -2.34. The largest absolute Gasteiger partial charge is 0.491 e. The lowest BCUT2D eigenvalue weighted by Crippen LogP contribution is -2.48. The van der Waals surface area contributed by atoms with Gasteiger partial charge < -0.3 is 14.8 Å². The molecule has 0 aliphatic carbocycles. The highest BCUT2D eigenvalue weighted by atomic mass is 35.5. The van der Waals surface area contributed by atoms with Gasteiger partial charge in [0.15, 0.2) is 5.75 Å². The lowest BCUT2D eigenvalue weighted by molar-refractivity contribution is -0.0440. The zero-order chi connectivity index (χ0) is 22.8. The van der Waals surface area contributed by atoms with Crippen molar-refractivity contribution in [2.24, 2.45) is 0 Å². The van der Waals surface area contributed by atoms with E-state index in [2.05, 4.69) is 5.32 Å². The van der Waals surface area contributed by atoms with Gasteiger partial charge in [0.2, 0.25) is 10.0 Å². The van der Waals surface area contributed by atoms with E-state index in [9.17, 15) is 13.2 Å². The second-order valence-electron chi connectivity index (χ2n) is 7.26. The minimum Gasteiger partial charge on any atom is -0.491 e. The Morgan fingerprint density at radius 1 is 1.13 bits per heavy atom. The van der Waals surface area contributed by atoms with Gasteiger partial charge in [0.1, 0.15) is 0 Å². The highest BCUT2D eigenvalue weighted by Crippen LogP contribution is 2.34. The van der Waals surface area contributed by atoms with Gasteiger partial charge in [0, 0.05) is 24.3 Å². The lowest BCUT2D eigenvalue weighted by atomic mass is 10.2. The van der Waals surface area contributed by atoms with Gasteiger partial charge in [-0.2, -0.15) is 4.31 Å². The van der Waals surface area contributed by atoms with Crippen LogP contribution in [0.2, 0.25) is 10.0 Å². The molecule has 3 rings (SSSR count). The van der Waals surface area contributed by atoms with Gasteiger partial charge in [-0.05, 0) is 57.2 Å². The third-order valence-corrected chi connectivity index (χ3v) is 7.09. The highest BCUT2D eigenvalue weighted by Gasteiger charge is 2.32. The summed E-state index contributed by atoms with van der Waals surface area (Å²) < 4.78 is 38.3. The molecular formula is C21H24Cl2N2O5S. The maximum Gasteiger partial charge on any atom is 0.255 e. The van der Waals surface area contributed by atoms with E-state index >= 15 is 0 Å². The summed E-state index contributed by atoms with van der Waals surface area (Å²) >= 11 is 12.3. The number of amides is 1. The molecule has 0 bridgehead atoms. The Labute approximate surface area is 192 Å². The van der Waals surface area contributed by atoms with Crippen molar-refractivity contribution < 1.29 is 22.7 Å². The summed E-state index contributed by atoms with van der Waals surface area (Å²) in [5, 5.41) is 3.17. The van der Waals surface area contributed by atoms with Crippen LogP contribution < -0.4 is 10.1 Å². The fraction of sp³-hybridized carbons (Fsp3) is 0.381. The Hall–Kier alpha value is -1.84. The summed E-state index contributed by atoms with van der Waals surface area (Å²) in [7, 11) is -3.65. The summed E-state index contributed by atoms with van der Waals surface area (Å²) in [6.07, 6.45) is -0.352. The molecular weight excluding hydrogens is 463 g/mol. The number of anilines is 1. The first kappa shape index (κ1) is 23.8. The Bertz CT molecular complexity index is 1030. The molecule has 31 heavy (non-hydrogen) atoms. The van der Waals surface area contributed by atoms with Crippen LogP contribution in [0.15, 0.2) is 41.3 Å². The van der Waals surface area contributed by atoms with E-state index in [-0.39, 0.29) is 32.7 Å². The second-order valence-corrected chi connectivity index (χ2v) is 10.0. The van der Waals surface area contributed by atoms with Crippen molar-refractivity contribution in [2.75, 3.05) is 25.0 Å². The third kappa shape index (κ3) is 5.51. The van der Waals surface area contributed by atoms with Crippen LogP contribution in [0.4, 0.5) is 5.69 Å². The van der Waals surface area contributed by atoms with E-state index < -0.39 is 15.9 Å². The molecule has 0 spiro atoms. The number of ether oxygens (including phenoxy) is 2. The first-order valence-electron chi connectivity index (χ1n) is 9.80. The van der Waals surface area contributed by atoms with Crippen LogP contribution in [0.1, 0.15) is 31.1 Å². The second kappa shape index (κ2) is 9.75. The number of sulfonamides is 1. The smallest absolute Gasteiger partial charge is 0.255 e. The molecule has 1 aliphatic rings. The quantitative estimate of drug-likeness (QED) is 0.651. The highest BCUT2D eigenvalue weighted by molar-refractivity contribution is 7.89. The Morgan fingerprint density at radius 3 is 2.19 bits per heavy atom. The number of halogens is 2. The van der Waals surface area contributed by atoms with E-state index in [0.29, 0.717) is 31.1 Å². The van der Waals surface area contributed by atoms with E-state index in [1.54, 1.807) is 6.92 Å². The van der Waals surface area contributed by atoms with Crippen molar-refractivity contribution >= 4 is 44.8 Å². The molecule has 10 heteroatoms. The summed E-state index contributed by atoms with van der Waals surface area (Å²) in [6, 6.07) is 8.94. The van der Waals surface area contributed by atoms with E-state index in [4.69, 9.17) is 32.7 Å². The SMILES string of the molecule is CCOc1c(Cl)cc(C(=O)Nc2ccc(S(=O)(=O)N3CC(C)OC(C)C3)cc2)cc1Cl. The van der Waals surface area contributed by atoms with Crippen LogP contribution in [0.3, 0.4) is 0 Å². The van der Waals surface area contributed by atoms with Crippen LogP contribution in [0.25, 0.3) is 0 Å². The summed E-state index contributed by atoms with van der Waals surface area (Å²) in [5.74, 6) is -0.109. The van der Waals surface area contributed by atoms with Crippen molar-refractivity contribution in [3.63, 3.8) is 0 Å². The number of hydrogen-bond acceptors (Lipinski definition) is 5. The average Bonchev–Trinajstić information content (AvgIpc) is 2.70. The maximum atomic E-state index is 12.9. The molecule has 0 radical (unpaired) electrons. The topological polar surface area (TPSA) is 84.9 Å². The maximum absolute atomic E-state index is 12.9. The van der Waals surface area contributed by atoms with Crippen molar-refractivity contribution in [1.29, 1.82) is 0 Å². The van der Waals surface area contributed by atoms with Crippen molar-refractivity contribution in [1.82, 2.24) is 4.31 Å². The summed E-state index contributed by atoms with van der Waals surface area (Å²) in [6.45, 7) is 6.47. The van der Waals surface area contributed by atoms with Gasteiger partial charge in [-0.25, -0.2) is 8.42 Å². The number of rotatable bonds is 6. The molecule has 1 aliphatic heterocycles. The number of nitrogens with zero attached hydrogens (tertiary/aromatic N) is 1. The van der Waals surface area contributed by atoms with E-state index in [1.807, 2.05) is 13.8 Å². The summed E-state index contributed by atoms with van der Waals surface area (Å²) in [5.41, 5.74) is 0.695. The van der Waals surface area contributed by atoms with Gasteiger partial charge in [-0.3, -0.25) is 4.79 Å². The summed E-state index contributed by atoms with van der Waals surface area (Å²) in [4.78, 5) is 12.7. The molecule has 2 unspecified atom stereocenters. The number of nitrogens with one attached hydrogen (secondary N) is 1. The van der Waals surface area contributed by atoms with E-state index in [1.165, 1.54) is 40.7 Å².